The number of ether oxygens (including phenoxy) is 1. The molecule has 2 heterocycles. The Morgan fingerprint density at radius 2 is 2.15 bits per heavy atom. The number of hydrogen-bond donors (Lipinski definition) is 2. The van der Waals surface area contributed by atoms with Gasteiger partial charge in [-0.2, -0.15) is 5.26 Å². The molecule has 1 aliphatic heterocycles. The topological polar surface area (TPSA) is 90.3 Å². The molecule has 0 aliphatic carbocycles. The van der Waals surface area contributed by atoms with Crippen LogP contribution in [0.3, 0.4) is 0 Å². The van der Waals surface area contributed by atoms with Crippen molar-refractivity contribution in [3.05, 3.63) is 52.7 Å². The standard InChI is InChI=1S/C18H18ClN5O2/c19-16-10-15(4-3-13(16)11-20)23-18(25)22-12-14-2-1-5-21-17(14)24-6-8-26-9-7-24/h1-5,10H,6-9,12H2,(H2,22,23,25). The molecule has 1 fully saturated rings. The maximum Gasteiger partial charge on any atom is 0.319 e. The second kappa shape index (κ2) is 8.52. The van der Waals surface area contributed by atoms with Crippen molar-refractivity contribution < 1.29 is 9.53 Å². The fraction of sp³-hybridized carbons (Fsp3) is 0.278. The van der Waals surface area contributed by atoms with Crippen molar-refractivity contribution in [2.75, 3.05) is 36.5 Å². The molecule has 0 bridgehead atoms. The molecule has 26 heavy (non-hydrogen) atoms. The van der Waals surface area contributed by atoms with Crippen LogP contribution in [-0.2, 0) is 11.3 Å². The van der Waals surface area contributed by atoms with Gasteiger partial charge in [-0.1, -0.05) is 17.7 Å². The average molecular weight is 372 g/mol. The molecular formula is C18H18ClN5O2. The van der Waals surface area contributed by atoms with Crippen LogP contribution >= 0.6 is 11.6 Å². The van der Waals surface area contributed by atoms with Crippen LogP contribution in [0.4, 0.5) is 16.3 Å². The Morgan fingerprint density at radius 3 is 2.88 bits per heavy atom. The average Bonchev–Trinajstić information content (AvgIpc) is 2.67. The number of morpholine rings is 1. The number of nitrogens with zero attached hydrogens (tertiary/aromatic N) is 3. The van der Waals surface area contributed by atoms with Gasteiger partial charge in [-0.05, 0) is 24.3 Å². The van der Waals surface area contributed by atoms with E-state index in [0.717, 1.165) is 24.5 Å². The van der Waals surface area contributed by atoms with Gasteiger partial charge in [-0.3, -0.25) is 0 Å². The van der Waals surface area contributed by atoms with Gasteiger partial charge in [0, 0.05) is 37.1 Å². The number of hydrogen-bond acceptors (Lipinski definition) is 5. The molecule has 1 saturated heterocycles. The van der Waals surface area contributed by atoms with E-state index in [2.05, 4.69) is 20.5 Å². The summed E-state index contributed by atoms with van der Waals surface area (Å²) in [7, 11) is 0. The van der Waals surface area contributed by atoms with Crippen molar-refractivity contribution in [1.82, 2.24) is 10.3 Å². The minimum absolute atomic E-state index is 0.298. The van der Waals surface area contributed by atoms with E-state index >= 15 is 0 Å². The Balaban J connectivity index is 1.61. The lowest BCUT2D eigenvalue weighted by atomic mass is 10.2. The first-order valence-corrected chi connectivity index (χ1v) is 8.56. The van der Waals surface area contributed by atoms with Gasteiger partial charge in [0.25, 0.3) is 0 Å². The van der Waals surface area contributed by atoms with Crippen LogP contribution in [0.15, 0.2) is 36.5 Å². The Morgan fingerprint density at radius 1 is 1.35 bits per heavy atom. The van der Waals surface area contributed by atoms with Gasteiger partial charge in [0.1, 0.15) is 11.9 Å². The number of benzene rings is 1. The van der Waals surface area contributed by atoms with E-state index in [1.54, 1.807) is 24.4 Å². The molecule has 8 heteroatoms. The summed E-state index contributed by atoms with van der Waals surface area (Å²) < 4.78 is 5.37. The lowest BCUT2D eigenvalue weighted by Gasteiger charge is -2.29. The molecule has 0 unspecified atom stereocenters. The third-order valence-corrected chi connectivity index (χ3v) is 4.28. The molecule has 2 amide bonds. The van der Waals surface area contributed by atoms with Crippen LogP contribution < -0.4 is 15.5 Å². The Kier molecular flexibility index (Phi) is 5.89. The fourth-order valence-corrected chi connectivity index (χ4v) is 2.89. The van der Waals surface area contributed by atoms with Crippen molar-refractivity contribution in [3.8, 4) is 6.07 Å². The third kappa shape index (κ3) is 4.42. The van der Waals surface area contributed by atoms with E-state index in [-0.39, 0.29) is 6.03 Å². The maximum absolute atomic E-state index is 12.2. The van der Waals surface area contributed by atoms with Gasteiger partial charge in [0.05, 0.1) is 23.8 Å². The third-order valence-electron chi connectivity index (χ3n) is 3.96. The molecular weight excluding hydrogens is 354 g/mol. The smallest absolute Gasteiger partial charge is 0.319 e. The van der Waals surface area contributed by atoms with E-state index in [9.17, 15) is 4.79 Å². The van der Waals surface area contributed by atoms with Gasteiger partial charge in [-0.15, -0.1) is 0 Å². The predicted molar refractivity (Wildman–Crippen MR) is 99.3 cm³/mol. The summed E-state index contributed by atoms with van der Waals surface area (Å²) in [5.41, 5.74) is 1.82. The monoisotopic (exact) mass is 371 g/mol. The summed E-state index contributed by atoms with van der Waals surface area (Å²) in [6, 6.07) is 10.1. The van der Waals surface area contributed by atoms with Crippen molar-refractivity contribution >= 4 is 29.1 Å². The molecule has 0 atom stereocenters. The number of urea groups is 1. The highest BCUT2D eigenvalue weighted by Crippen LogP contribution is 2.21. The molecule has 2 N–H and O–H groups in total. The number of amides is 2. The number of halogens is 1. The van der Waals surface area contributed by atoms with Crippen molar-refractivity contribution in [1.29, 1.82) is 5.26 Å². The first kappa shape index (κ1) is 18.0. The van der Waals surface area contributed by atoms with Gasteiger partial charge >= 0.3 is 6.03 Å². The van der Waals surface area contributed by atoms with E-state index in [4.69, 9.17) is 21.6 Å². The summed E-state index contributed by atoms with van der Waals surface area (Å²) in [5, 5.41) is 14.7. The van der Waals surface area contributed by atoms with Crippen molar-refractivity contribution in [2.24, 2.45) is 0 Å². The van der Waals surface area contributed by atoms with Crippen LogP contribution in [0.2, 0.25) is 5.02 Å². The summed E-state index contributed by atoms with van der Waals surface area (Å²) in [4.78, 5) is 18.8. The molecule has 0 radical (unpaired) electrons. The van der Waals surface area contributed by atoms with E-state index in [1.165, 1.54) is 0 Å². The van der Waals surface area contributed by atoms with E-state index in [1.807, 2.05) is 18.2 Å². The molecule has 134 valence electrons. The first-order valence-electron chi connectivity index (χ1n) is 8.18. The van der Waals surface area contributed by atoms with Crippen LogP contribution in [0, 0.1) is 11.3 Å². The number of pyridine rings is 1. The first-order chi connectivity index (χ1) is 12.7. The summed E-state index contributed by atoms with van der Waals surface area (Å²) in [6.07, 6.45) is 1.74. The van der Waals surface area contributed by atoms with Crippen LogP contribution in [0.5, 0.6) is 0 Å². The number of nitriles is 1. The molecule has 1 aliphatic rings. The molecule has 1 aromatic carbocycles. The second-order valence-corrected chi connectivity index (χ2v) is 6.11. The minimum Gasteiger partial charge on any atom is -0.378 e. The molecule has 3 rings (SSSR count). The zero-order valence-corrected chi connectivity index (χ0v) is 14.8. The fourth-order valence-electron chi connectivity index (χ4n) is 2.66. The predicted octanol–water partition coefficient (Wildman–Crippen LogP) is 2.76. The molecule has 1 aromatic heterocycles. The van der Waals surface area contributed by atoms with Gasteiger partial charge < -0.3 is 20.3 Å². The van der Waals surface area contributed by atoms with Gasteiger partial charge in [-0.25, -0.2) is 9.78 Å². The lowest BCUT2D eigenvalue weighted by molar-refractivity contribution is 0.122. The summed E-state index contributed by atoms with van der Waals surface area (Å²) in [6.45, 7) is 3.24. The van der Waals surface area contributed by atoms with Crippen LogP contribution in [-0.4, -0.2) is 37.3 Å². The Hall–Kier alpha value is -2.82. The van der Waals surface area contributed by atoms with Gasteiger partial charge in [0.2, 0.25) is 0 Å². The SMILES string of the molecule is N#Cc1ccc(NC(=O)NCc2cccnc2N2CCOCC2)cc1Cl. The zero-order chi connectivity index (χ0) is 18.4. The van der Waals surface area contributed by atoms with E-state index < -0.39 is 0 Å². The highest BCUT2D eigenvalue weighted by atomic mass is 35.5. The van der Waals surface area contributed by atoms with Crippen LogP contribution in [0.1, 0.15) is 11.1 Å². The Bertz CT molecular complexity index is 831. The van der Waals surface area contributed by atoms with Crippen molar-refractivity contribution in [2.45, 2.75) is 6.54 Å². The highest BCUT2D eigenvalue weighted by Gasteiger charge is 2.16. The van der Waals surface area contributed by atoms with Gasteiger partial charge in [0.15, 0.2) is 0 Å². The summed E-state index contributed by atoms with van der Waals surface area (Å²) >= 11 is 5.97. The largest absolute Gasteiger partial charge is 0.378 e. The van der Waals surface area contributed by atoms with Crippen molar-refractivity contribution in [3.63, 3.8) is 0 Å². The number of nitrogens with one attached hydrogen (secondary N) is 2. The lowest BCUT2D eigenvalue weighted by Crippen LogP contribution is -2.38. The minimum atomic E-state index is -0.359. The molecule has 2 aromatic rings. The van der Waals surface area contributed by atoms with E-state index in [0.29, 0.717) is 36.0 Å². The summed E-state index contributed by atoms with van der Waals surface area (Å²) in [5.74, 6) is 0.859. The molecule has 7 nitrogen and oxygen atoms in total. The number of aromatic nitrogens is 1. The normalized spacial score (nSPS) is 13.8. The second-order valence-electron chi connectivity index (χ2n) is 5.70. The maximum atomic E-state index is 12.2. The number of carbonyl (C=O) groups is 1. The molecule has 0 saturated carbocycles. The number of rotatable bonds is 4. The van der Waals surface area contributed by atoms with Crippen LogP contribution in [0.25, 0.3) is 0 Å². The number of carbonyl (C=O) groups excluding carboxylic acids is 1. The number of anilines is 2. The Labute approximate surface area is 156 Å². The quantitative estimate of drug-likeness (QED) is 0.862. The zero-order valence-electron chi connectivity index (χ0n) is 14.0. The highest BCUT2D eigenvalue weighted by molar-refractivity contribution is 6.32. The molecule has 0 spiro atoms.